The second kappa shape index (κ2) is 6.91. The van der Waals surface area contributed by atoms with Crippen molar-refractivity contribution in [1.29, 1.82) is 0 Å². The van der Waals surface area contributed by atoms with E-state index in [1.165, 1.54) is 44.3 Å². The summed E-state index contributed by atoms with van der Waals surface area (Å²) in [5, 5.41) is 0. The fraction of sp³-hybridized carbons (Fsp3) is 0.625. The fourth-order valence-electron chi connectivity index (χ4n) is 3.13. The summed E-state index contributed by atoms with van der Waals surface area (Å²) < 4.78 is 0. The third-order valence-electron chi connectivity index (χ3n) is 4.19. The Labute approximate surface area is 111 Å². The van der Waals surface area contributed by atoms with Crippen LogP contribution in [0, 0.1) is 5.92 Å². The molecule has 0 amide bonds. The first-order valence-corrected chi connectivity index (χ1v) is 7.34. The van der Waals surface area contributed by atoms with Crippen LogP contribution in [-0.2, 0) is 0 Å². The Morgan fingerprint density at radius 2 is 1.89 bits per heavy atom. The zero-order valence-corrected chi connectivity index (χ0v) is 11.5. The molecule has 0 aromatic heterocycles. The second-order valence-electron chi connectivity index (χ2n) is 5.43. The minimum absolute atomic E-state index is 0.411. The molecule has 2 heteroatoms. The van der Waals surface area contributed by atoms with Crippen molar-refractivity contribution >= 4 is 0 Å². The molecule has 1 aliphatic rings. The monoisotopic (exact) mass is 246 g/mol. The molecule has 1 atom stereocenters. The van der Waals surface area contributed by atoms with Crippen LogP contribution in [0.4, 0.5) is 0 Å². The van der Waals surface area contributed by atoms with Gasteiger partial charge in [-0.1, -0.05) is 50.1 Å². The van der Waals surface area contributed by atoms with E-state index in [1.54, 1.807) is 0 Å². The van der Waals surface area contributed by atoms with Gasteiger partial charge in [-0.2, -0.15) is 0 Å². The molecular formula is C16H26N2. The Morgan fingerprint density at radius 1 is 1.22 bits per heavy atom. The molecule has 100 valence electrons. The van der Waals surface area contributed by atoms with Gasteiger partial charge in [-0.05, 0) is 37.4 Å². The van der Waals surface area contributed by atoms with E-state index in [1.807, 2.05) is 0 Å². The lowest BCUT2D eigenvalue weighted by Gasteiger charge is -2.37. The summed E-state index contributed by atoms with van der Waals surface area (Å²) in [4.78, 5) is 2.57. The summed E-state index contributed by atoms with van der Waals surface area (Å²) in [5.41, 5.74) is 7.36. The van der Waals surface area contributed by atoms with Gasteiger partial charge in [-0.15, -0.1) is 0 Å². The van der Waals surface area contributed by atoms with Gasteiger partial charge in [0.25, 0.3) is 0 Å². The van der Waals surface area contributed by atoms with Crippen molar-refractivity contribution in [3.63, 3.8) is 0 Å². The van der Waals surface area contributed by atoms with Gasteiger partial charge in [0.05, 0.1) is 0 Å². The highest BCUT2D eigenvalue weighted by Gasteiger charge is 2.24. The molecule has 0 bridgehead atoms. The Morgan fingerprint density at radius 3 is 2.44 bits per heavy atom. The second-order valence-corrected chi connectivity index (χ2v) is 5.43. The molecule has 18 heavy (non-hydrogen) atoms. The minimum atomic E-state index is 0.411. The first-order chi connectivity index (χ1) is 8.85. The summed E-state index contributed by atoms with van der Waals surface area (Å²) in [6.45, 7) is 5.43. The summed E-state index contributed by atoms with van der Waals surface area (Å²) in [6.07, 6.45) is 5.41. The first-order valence-electron chi connectivity index (χ1n) is 7.34. The fourth-order valence-corrected chi connectivity index (χ4v) is 3.13. The van der Waals surface area contributed by atoms with Crippen LogP contribution in [-0.4, -0.2) is 24.5 Å². The third-order valence-corrected chi connectivity index (χ3v) is 4.19. The molecule has 1 unspecified atom stereocenters. The van der Waals surface area contributed by atoms with Gasteiger partial charge in [-0.25, -0.2) is 0 Å². The normalized spacial score (nSPS) is 19.9. The van der Waals surface area contributed by atoms with Crippen LogP contribution in [0.25, 0.3) is 0 Å². The number of nitrogens with two attached hydrogens (primary N) is 1. The SMILES string of the molecule is CCCC1CCN(C(CN)c2ccccc2)CC1. The maximum absolute atomic E-state index is 5.99. The number of nitrogens with zero attached hydrogens (tertiary/aromatic N) is 1. The molecule has 2 N–H and O–H groups in total. The third kappa shape index (κ3) is 3.33. The number of piperidine rings is 1. The topological polar surface area (TPSA) is 29.3 Å². The predicted octanol–water partition coefficient (Wildman–Crippen LogP) is 3.20. The van der Waals surface area contributed by atoms with E-state index in [0.717, 1.165) is 12.5 Å². The molecule has 2 rings (SSSR count). The van der Waals surface area contributed by atoms with E-state index in [9.17, 15) is 0 Å². The van der Waals surface area contributed by atoms with E-state index in [0.29, 0.717) is 6.04 Å². The number of hydrogen-bond acceptors (Lipinski definition) is 2. The summed E-state index contributed by atoms with van der Waals surface area (Å²) >= 11 is 0. The smallest absolute Gasteiger partial charge is 0.0470 e. The maximum atomic E-state index is 5.99. The lowest BCUT2D eigenvalue weighted by molar-refractivity contribution is 0.132. The van der Waals surface area contributed by atoms with Crippen LogP contribution in [0.2, 0.25) is 0 Å². The molecule has 0 spiro atoms. The van der Waals surface area contributed by atoms with Crippen molar-refractivity contribution in [2.75, 3.05) is 19.6 Å². The lowest BCUT2D eigenvalue weighted by Crippen LogP contribution is -2.39. The van der Waals surface area contributed by atoms with E-state index in [2.05, 4.69) is 42.2 Å². The Kier molecular flexibility index (Phi) is 5.21. The van der Waals surface area contributed by atoms with Gasteiger partial charge < -0.3 is 5.73 Å². The molecule has 1 aromatic carbocycles. The van der Waals surface area contributed by atoms with Crippen LogP contribution < -0.4 is 5.73 Å². The van der Waals surface area contributed by atoms with Crippen LogP contribution in [0.5, 0.6) is 0 Å². The highest BCUT2D eigenvalue weighted by atomic mass is 15.2. The summed E-state index contributed by atoms with van der Waals surface area (Å²) in [6, 6.07) is 11.1. The van der Waals surface area contributed by atoms with Crippen molar-refractivity contribution < 1.29 is 0 Å². The summed E-state index contributed by atoms with van der Waals surface area (Å²) in [7, 11) is 0. The van der Waals surface area contributed by atoms with Gasteiger partial charge in [0, 0.05) is 12.6 Å². The van der Waals surface area contributed by atoms with E-state index < -0.39 is 0 Å². The van der Waals surface area contributed by atoms with Gasteiger partial charge >= 0.3 is 0 Å². The van der Waals surface area contributed by atoms with Crippen LogP contribution in [0.3, 0.4) is 0 Å². The van der Waals surface area contributed by atoms with E-state index in [4.69, 9.17) is 5.73 Å². The van der Waals surface area contributed by atoms with Crippen molar-refractivity contribution in [2.24, 2.45) is 11.7 Å². The molecule has 0 aliphatic carbocycles. The average molecular weight is 246 g/mol. The van der Waals surface area contributed by atoms with Crippen molar-refractivity contribution in [3.05, 3.63) is 35.9 Å². The minimum Gasteiger partial charge on any atom is -0.329 e. The van der Waals surface area contributed by atoms with Crippen LogP contribution in [0.15, 0.2) is 30.3 Å². The number of hydrogen-bond donors (Lipinski definition) is 1. The molecule has 0 radical (unpaired) electrons. The number of likely N-dealkylation sites (tertiary alicyclic amines) is 1. The molecule has 0 saturated carbocycles. The quantitative estimate of drug-likeness (QED) is 0.864. The number of benzene rings is 1. The Balaban J connectivity index is 1.95. The van der Waals surface area contributed by atoms with Crippen molar-refractivity contribution in [3.8, 4) is 0 Å². The van der Waals surface area contributed by atoms with Gasteiger partial charge in [0.2, 0.25) is 0 Å². The predicted molar refractivity (Wildman–Crippen MR) is 77.4 cm³/mol. The molecule has 1 aliphatic heterocycles. The highest BCUT2D eigenvalue weighted by molar-refractivity contribution is 5.19. The van der Waals surface area contributed by atoms with Crippen molar-refractivity contribution in [1.82, 2.24) is 4.90 Å². The lowest BCUT2D eigenvalue weighted by atomic mass is 9.91. The molecule has 1 heterocycles. The van der Waals surface area contributed by atoms with Gasteiger partial charge in [-0.3, -0.25) is 4.90 Å². The van der Waals surface area contributed by atoms with E-state index in [-0.39, 0.29) is 0 Å². The molecule has 1 fully saturated rings. The molecular weight excluding hydrogens is 220 g/mol. The van der Waals surface area contributed by atoms with Crippen molar-refractivity contribution in [2.45, 2.75) is 38.6 Å². The van der Waals surface area contributed by atoms with Crippen LogP contribution >= 0.6 is 0 Å². The zero-order chi connectivity index (χ0) is 12.8. The standard InChI is InChI=1S/C16H26N2/c1-2-6-14-9-11-18(12-10-14)16(13-17)15-7-4-3-5-8-15/h3-5,7-8,14,16H,2,6,9-13,17H2,1H3. The Bertz CT molecular complexity index is 328. The van der Waals surface area contributed by atoms with Gasteiger partial charge in [0.15, 0.2) is 0 Å². The van der Waals surface area contributed by atoms with Crippen LogP contribution in [0.1, 0.15) is 44.2 Å². The van der Waals surface area contributed by atoms with Gasteiger partial charge in [0.1, 0.15) is 0 Å². The maximum Gasteiger partial charge on any atom is 0.0470 e. The molecule has 1 aromatic rings. The molecule has 1 saturated heterocycles. The summed E-state index contributed by atoms with van der Waals surface area (Å²) in [5.74, 6) is 0.945. The largest absolute Gasteiger partial charge is 0.329 e. The Hall–Kier alpha value is -0.860. The average Bonchev–Trinajstić information content (AvgIpc) is 2.43. The highest BCUT2D eigenvalue weighted by Crippen LogP contribution is 2.28. The first kappa shape index (κ1) is 13.6. The zero-order valence-electron chi connectivity index (χ0n) is 11.5. The van der Waals surface area contributed by atoms with E-state index >= 15 is 0 Å². The molecule has 2 nitrogen and oxygen atoms in total. The number of rotatable bonds is 5.